The van der Waals surface area contributed by atoms with E-state index < -0.39 is 0 Å². The molecule has 0 amide bonds. The SMILES string of the molecule is CCCC1CC1Nc1cc(NCC)nc(COC)n1. The van der Waals surface area contributed by atoms with E-state index in [1.54, 1.807) is 7.11 Å². The molecule has 0 aliphatic heterocycles. The van der Waals surface area contributed by atoms with Crippen LogP contribution in [0.5, 0.6) is 0 Å². The predicted octanol–water partition coefficient (Wildman–Crippen LogP) is 2.66. The first-order chi connectivity index (χ1) is 9.26. The highest BCUT2D eigenvalue weighted by Gasteiger charge is 2.36. The zero-order valence-electron chi connectivity index (χ0n) is 12.1. The van der Waals surface area contributed by atoms with Crippen molar-refractivity contribution in [2.75, 3.05) is 24.3 Å². The Morgan fingerprint density at radius 2 is 2.11 bits per heavy atom. The highest BCUT2D eigenvalue weighted by molar-refractivity contribution is 5.48. The monoisotopic (exact) mass is 264 g/mol. The maximum Gasteiger partial charge on any atom is 0.158 e. The van der Waals surface area contributed by atoms with Crippen LogP contribution in [0.25, 0.3) is 0 Å². The molecule has 2 unspecified atom stereocenters. The van der Waals surface area contributed by atoms with Gasteiger partial charge >= 0.3 is 0 Å². The molecule has 2 rings (SSSR count). The molecular weight excluding hydrogens is 240 g/mol. The smallest absolute Gasteiger partial charge is 0.158 e. The number of hydrogen-bond donors (Lipinski definition) is 2. The molecule has 0 saturated heterocycles. The number of nitrogens with zero attached hydrogens (tertiary/aromatic N) is 2. The largest absolute Gasteiger partial charge is 0.377 e. The molecule has 1 aliphatic carbocycles. The average molecular weight is 264 g/mol. The molecule has 5 nitrogen and oxygen atoms in total. The van der Waals surface area contributed by atoms with Gasteiger partial charge in [0.25, 0.3) is 0 Å². The summed E-state index contributed by atoms with van der Waals surface area (Å²) in [6, 6.07) is 2.56. The van der Waals surface area contributed by atoms with Crippen LogP contribution < -0.4 is 10.6 Å². The Balaban J connectivity index is 2.02. The Morgan fingerprint density at radius 3 is 2.79 bits per heavy atom. The van der Waals surface area contributed by atoms with Crippen LogP contribution in [-0.4, -0.2) is 29.7 Å². The van der Waals surface area contributed by atoms with Gasteiger partial charge < -0.3 is 15.4 Å². The van der Waals surface area contributed by atoms with Crippen LogP contribution in [0.3, 0.4) is 0 Å². The van der Waals surface area contributed by atoms with E-state index in [1.807, 2.05) is 6.07 Å². The van der Waals surface area contributed by atoms with Crippen molar-refractivity contribution in [1.29, 1.82) is 0 Å². The fourth-order valence-electron chi connectivity index (χ4n) is 2.34. The maximum atomic E-state index is 5.12. The van der Waals surface area contributed by atoms with E-state index in [4.69, 9.17) is 4.74 Å². The van der Waals surface area contributed by atoms with Gasteiger partial charge in [-0.2, -0.15) is 0 Å². The fourth-order valence-corrected chi connectivity index (χ4v) is 2.34. The predicted molar refractivity (Wildman–Crippen MR) is 77.3 cm³/mol. The molecule has 1 aromatic heterocycles. The third-order valence-electron chi connectivity index (χ3n) is 3.32. The Hall–Kier alpha value is -1.36. The van der Waals surface area contributed by atoms with Crippen molar-refractivity contribution in [1.82, 2.24) is 9.97 Å². The van der Waals surface area contributed by atoms with Crippen molar-refractivity contribution < 1.29 is 4.74 Å². The Kier molecular flexibility index (Phi) is 4.96. The standard InChI is InChI=1S/C14H24N4O/c1-4-6-10-7-11(10)16-13-8-12(15-5-2)17-14(18-13)9-19-3/h8,10-11H,4-7,9H2,1-3H3,(H2,15,16,17,18). The summed E-state index contributed by atoms with van der Waals surface area (Å²) in [5, 5.41) is 6.73. The molecule has 1 aliphatic rings. The molecule has 2 atom stereocenters. The summed E-state index contributed by atoms with van der Waals surface area (Å²) in [4.78, 5) is 8.90. The third-order valence-corrected chi connectivity index (χ3v) is 3.32. The van der Waals surface area contributed by atoms with E-state index in [9.17, 15) is 0 Å². The molecule has 106 valence electrons. The van der Waals surface area contributed by atoms with Crippen LogP contribution in [0.2, 0.25) is 0 Å². The van der Waals surface area contributed by atoms with Gasteiger partial charge in [-0.15, -0.1) is 0 Å². The first kappa shape index (κ1) is 14.1. The normalized spacial score (nSPS) is 21.2. The van der Waals surface area contributed by atoms with Crippen molar-refractivity contribution in [2.24, 2.45) is 5.92 Å². The molecule has 0 radical (unpaired) electrons. The second-order valence-corrected chi connectivity index (χ2v) is 5.05. The lowest BCUT2D eigenvalue weighted by Gasteiger charge is -2.10. The Bertz CT molecular complexity index is 386. The van der Waals surface area contributed by atoms with Gasteiger partial charge in [-0.05, 0) is 25.7 Å². The van der Waals surface area contributed by atoms with Gasteiger partial charge in [-0.3, -0.25) is 0 Å². The quantitative estimate of drug-likeness (QED) is 0.756. The summed E-state index contributed by atoms with van der Waals surface area (Å²) in [6.45, 7) is 5.59. The van der Waals surface area contributed by atoms with Gasteiger partial charge in [0, 0.05) is 25.8 Å². The third kappa shape index (κ3) is 4.06. The highest BCUT2D eigenvalue weighted by Crippen LogP contribution is 2.37. The van der Waals surface area contributed by atoms with E-state index in [2.05, 4.69) is 34.4 Å². The van der Waals surface area contributed by atoms with Gasteiger partial charge in [0.05, 0.1) is 0 Å². The van der Waals surface area contributed by atoms with Gasteiger partial charge in [-0.25, -0.2) is 9.97 Å². The Labute approximate surface area is 115 Å². The zero-order chi connectivity index (χ0) is 13.7. The van der Waals surface area contributed by atoms with Crippen molar-refractivity contribution in [2.45, 2.75) is 45.8 Å². The van der Waals surface area contributed by atoms with Gasteiger partial charge in [0.1, 0.15) is 18.2 Å². The summed E-state index contributed by atoms with van der Waals surface area (Å²) < 4.78 is 5.12. The van der Waals surface area contributed by atoms with Crippen molar-refractivity contribution in [3.05, 3.63) is 11.9 Å². The second kappa shape index (κ2) is 6.70. The van der Waals surface area contributed by atoms with E-state index in [1.165, 1.54) is 19.3 Å². The van der Waals surface area contributed by atoms with Crippen molar-refractivity contribution >= 4 is 11.6 Å². The van der Waals surface area contributed by atoms with Crippen molar-refractivity contribution in [3.8, 4) is 0 Å². The molecule has 0 aromatic carbocycles. The van der Waals surface area contributed by atoms with Crippen molar-refractivity contribution in [3.63, 3.8) is 0 Å². The second-order valence-electron chi connectivity index (χ2n) is 5.05. The molecule has 0 spiro atoms. The number of aromatic nitrogens is 2. The van der Waals surface area contributed by atoms with Crippen LogP contribution >= 0.6 is 0 Å². The highest BCUT2D eigenvalue weighted by atomic mass is 16.5. The molecule has 1 saturated carbocycles. The molecular formula is C14H24N4O. The average Bonchev–Trinajstić information content (AvgIpc) is 3.08. The van der Waals surface area contributed by atoms with E-state index >= 15 is 0 Å². The lowest BCUT2D eigenvalue weighted by Crippen LogP contribution is -2.11. The Morgan fingerprint density at radius 1 is 1.32 bits per heavy atom. The van der Waals surface area contributed by atoms with Gasteiger partial charge in [0.2, 0.25) is 0 Å². The minimum Gasteiger partial charge on any atom is -0.377 e. The molecule has 0 bridgehead atoms. The number of ether oxygens (including phenoxy) is 1. The summed E-state index contributed by atoms with van der Waals surface area (Å²) in [5.74, 6) is 3.30. The van der Waals surface area contributed by atoms with E-state index in [0.29, 0.717) is 12.6 Å². The minimum atomic E-state index is 0.441. The molecule has 19 heavy (non-hydrogen) atoms. The zero-order valence-corrected chi connectivity index (χ0v) is 12.1. The lowest BCUT2D eigenvalue weighted by atomic mass is 10.2. The molecule has 5 heteroatoms. The summed E-state index contributed by atoms with van der Waals surface area (Å²) in [6.07, 6.45) is 3.81. The summed E-state index contributed by atoms with van der Waals surface area (Å²) >= 11 is 0. The number of methoxy groups -OCH3 is 1. The van der Waals surface area contributed by atoms with E-state index in [-0.39, 0.29) is 0 Å². The molecule has 1 heterocycles. The number of hydrogen-bond acceptors (Lipinski definition) is 5. The molecule has 1 aromatic rings. The summed E-state index contributed by atoms with van der Waals surface area (Å²) in [7, 11) is 1.66. The van der Waals surface area contributed by atoms with Crippen LogP contribution in [0, 0.1) is 5.92 Å². The molecule has 1 fully saturated rings. The fraction of sp³-hybridized carbons (Fsp3) is 0.714. The van der Waals surface area contributed by atoms with Gasteiger partial charge in [-0.1, -0.05) is 13.3 Å². The first-order valence-electron chi connectivity index (χ1n) is 7.14. The van der Waals surface area contributed by atoms with E-state index in [0.717, 1.165) is 29.9 Å². The minimum absolute atomic E-state index is 0.441. The number of anilines is 2. The number of rotatable bonds is 8. The van der Waals surface area contributed by atoms with Crippen LogP contribution in [0.4, 0.5) is 11.6 Å². The van der Waals surface area contributed by atoms with Crippen LogP contribution in [-0.2, 0) is 11.3 Å². The van der Waals surface area contributed by atoms with Gasteiger partial charge in [0.15, 0.2) is 5.82 Å². The van der Waals surface area contributed by atoms with Crippen LogP contribution in [0.1, 0.15) is 38.9 Å². The molecule has 2 N–H and O–H groups in total. The number of nitrogens with one attached hydrogen (secondary N) is 2. The first-order valence-corrected chi connectivity index (χ1v) is 7.14. The maximum absolute atomic E-state index is 5.12. The topological polar surface area (TPSA) is 59.1 Å². The lowest BCUT2D eigenvalue weighted by molar-refractivity contribution is 0.178. The summed E-state index contributed by atoms with van der Waals surface area (Å²) in [5.41, 5.74) is 0. The van der Waals surface area contributed by atoms with Crippen LogP contribution in [0.15, 0.2) is 6.07 Å².